The fraction of sp³-hybridized carbons (Fsp3) is 0. The quantitative estimate of drug-likeness (QED) is 0.389. The van der Waals surface area contributed by atoms with Crippen molar-refractivity contribution in [3.8, 4) is 0 Å². The zero-order chi connectivity index (χ0) is 15.9. The minimum atomic E-state index is 0. The summed E-state index contributed by atoms with van der Waals surface area (Å²) in [6.45, 7) is 0. The molecule has 4 nitrogen and oxygen atoms in total. The molecule has 0 aliphatic carbocycles. The summed E-state index contributed by atoms with van der Waals surface area (Å²) in [6.07, 6.45) is 8.05. The van der Waals surface area contributed by atoms with Crippen molar-refractivity contribution < 1.29 is 42.8 Å². The molecule has 0 atom stereocenters. The van der Waals surface area contributed by atoms with E-state index >= 15 is 0 Å². The van der Waals surface area contributed by atoms with Gasteiger partial charge in [-0.25, -0.2) is 9.97 Å². The van der Waals surface area contributed by atoms with Crippen molar-refractivity contribution in [2.75, 3.05) is 0 Å². The number of halogens is 1. The molecule has 0 saturated heterocycles. The number of nitrogens with one attached hydrogen (secondary N) is 2. The minimum Gasteiger partial charge on any atom is -1.00 e. The zero-order valence-electron chi connectivity index (χ0n) is 13.8. The Kier molecular flexibility index (Phi) is 5.53. The van der Waals surface area contributed by atoms with E-state index in [4.69, 9.17) is 0 Å². The van der Waals surface area contributed by atoms with Gasteiger partial charge in [0.25, 0.3) is 0 Å². The van der Waals surface area contributed by atoms with E-state index in [2.05, 4.69) is 50.3 Å². The Labute approximate surface area is 179 Å². The van der Waals surface area contributed by atoms with Crippen molar-refractivity contribution in [2.24, 2.45) is 0 Å². The second-order valence-corrected chi connectivity index (χ2v) is 5.91. The van der Waals surface area contributed by atoms with Crippen LogP contribution in [0.5, 0.6) is 0 Å². The number of rotatable bonds is 0. The predicted molar refractivity (Wildman–Crippen MR) is 98.9 cm³/mol. The number of hydrogen-bond donors (Lipinski definition) is 2. The number of aromatic nitrogens is 4. The van der Waals surface area contributed by atoms with E-state index in [0.717, 1.165) is 44.8 Å². The molecule has 2 aliphatic heterocycles. The fourth-order valence-corrected chi connectivity index (χ4v) is 2.94. The monoisotopic (exact) mass is 434 g/mol. The molecule has 1 radical (unpaired) electrons. The first-order chi connectivity index (χ1) is 11.8. The van der Waals surface area contributed by atoms with Crippen LogP contribution in [0, 0.1) is 0 Å². The summed E-state index contributed by atoms with van der Waals surface area (Å²) < 4.78 is 0. The molecule has 0 fully saturated rings. The van der Waals surface area contributed by atoms with Crippen molar-refractivity contribution >= 4 is 46.4 Å². The number of aromatic amines is 2. The summed E-state index contributed by atoms with van der Waals surface area (Å²) in [5.74, 6) is 0. The molecule has 125 valence electrons. The number of fused-ring (bicyclic) bond motifs is 8. The van der Waals surface area contributed by atoms with Gasteiger partial charge in [-0.15, -0.1) is 0 Å². The molecule has 26 heavy (non-hydrogen) atoms. The molecule has 0 saturated carbocycles. The van der Waals surface area contributed by atoms with Crippen LogP contribution in [0.3, 0.4) is 0 Å². The van der Waals surface area contributed by atoms with Crippen molar-refractivity contribution in [3.63, 3.8) is 0 Å². The summed E-state index contributed by atoms with van der Waals surface area (Å²) in [4.78, 5) is 16.0. The fourth-order valence-electron chi connectivity index (χ4n) is 2.94. The van der Waals surface area contributed by atoms with Gasteiger partial charge in [0.15, 0.2) is 0 Å². The maximum absolute atomic E-state index is 4.62. The molecule has 3 aromatic rings. The summed E-state index contributed by atoms with van der Waals surface area (Å²) in [5, 5.41) is 0. The molecule has 0 unspecified atom stereocenters. The third kappa shape index (κ3) is 3.86. The molecule has 0 amide bonds. The van der Waals surface area contributed by atoms with Crippen LogP contribution in [0.4, 0.5) is 0 Å². The second kappa shape index (κ2) is 7.68. The summed E-state index contributed by atoms with van der Waals surface area (Å²) >= 11 is 0. The number of H-pyrrole nitrogens is 2. The minimum absolute atomic E-state index is 0. The van der Waals surface area contributed by atoms with Gasteiger partial charge >= 0.3 is 0 Å². The molecule has 5 heterocycles. The molecular formula is C20H14BrN4Sc-. The molecule has 0 aromatic carbocycles. The molecule has 5 rings (SSSR count). The largest absolute Gasteiger partial charge is 1.00 e. The van der Waals surface area contributed by atoms with Gasteiger partial charge < -0.3 is 26.9 Å². The van der Waals surface area contributed by atoms with Crippen LogP contribution in [0.25, 0.3) is 46.4 Å². The molecule has 2 aliphatic rings. The first-order valence-electron chi connectivity index (χ1n) is 7.85. The van der Waals surface area contributed by atoms with E-state index in [9.17, 15) is 0 Å². The third-order valence-corrected chi connectivity index (χ3v) is 4.04. The molecule has 0 spiro atoms. The van der Waals surface area contributed by atoms with Crippen molar-refractivity contribution in [1.29, 1.82) is 0 Å². The van der Waals surface area contributed by atoms with Gasteiger partial charge in [-0.2, -0.15) is 0 Å². The Balaban J connectivity index is 0.000000980. The van der Waals surface area contributed by atoms with Gasteiger partial charge in [0.05, 0.1) is 22.8 Å². The van der Waals surface area contributed by atoms with Crippen molar-refractivity contribution in [3.05, 3.63) is 71.3 Å². The Morgan fingerprint density at radius 2 is 0.846 bits per heavy atom. The van der Waals surface area contributed by atoms with E-state index in [1.54, 1.807) is 0 Å². The van der Waals surface area contributed by atoms with Crippen molar-refractivity contribution in [1.82, 2.24) is 19.9 Å². The third-order valence-electron chi connectivity index (χ3n) is 4.04. The average molecular weight is 435 g/mol. The SMILES string of the molecule is C1=Cc2cc3ccc(cc4ccc(cc5nc(cc1n2)C=C5)[nH]4)[nH]3.[Br-].[Sc]. The van der Waals surface area contributed by atoms with Gasteiger partial charge in [0.1, 0.15) is 0 Å². The summed E-state index contributed by atoms with van der Waals surface area (Å²) in [6, 6.07) is 16.4. The predicted octanol–water partition coefficient (Wildman–Crippen LogP) is 1.66. The second-order valence-electron chi connectivity index (χ2n) is 5.91. The van der Waals surface area contributed by atoms with E-state index in [-0.39, 0.29) is 42.8 Å². The van der Waals surface area contributed by atoms with E-state index < -0.39 is 0 Å². The van der Waals surface area contributed by atoms with Gasteiger partial charge in [-0.1, -0.05) is 0 Å². The topological polar surface area (TPSA) is 57.4 Å². The number of nitrogens with zero attached hydrogens (tertiary/aromatic N) is 2. The molecule has 6 heteroatoms. The molecule has 3 aromatic heterocycles. The summed E-state index contributed by atoms with van der Waals surface area (Å²) in [7, 11) is 0. The van der Waals surface area contributed by atoms with Gasteiger partial charge in [0.2, 0.25) is 0 Å². The van der Waals surface area contributed by atoms with Crippen LogP contribution in [-0.4, -0.2) is 19.9 Å². The maximum atomic E-state index is 4.62. The van der Waals surface area contributed by atoms with Gasteiger partial charge in [-0.3, -0.25) is 0 Å². The Morgan fingerprint density at radius 3 is 1.27 bits per heavy atom. The van der Waals surface area contributed by atoms with Crippen LogP contribution in [0.2, 0.25) is 0 Å². The van der Waals surface area contributed by atoms with Crippen LogP contribution in [-0.2, 0) is 25.8 Å². The van der Waals surface area contributed by atoms with Gasteiger partial charge in [0, 0.05) is 47.9 Å². The first kappa shape index (κ1) is 18.7. The normalized spacial score (nSPS) is 11.7. The van der Waals surface area contributed by atoms with Crippen LogP contribution < -0.4 is 17.0 Å². The van der Waals surface area contributed by atoms with Crippen LogP contribution in [0.1, 0.15) is 22.8 Å². The average Bonchev–Trinajstić information content (AvgIpc) is 3.32. The van der Waals surface area contributed by atoms with Crippen LogP contribution in [0.15, 0.2) is 48.5 Å². The molecule has 8 bridgehead atoms. The van der Waals surface area contributed by atoms with Crippen molar-refractivity contribution in [2.45, 2.75) is 0 Å². The van der Waals surface area contributed by atoms with E-state index in [0.29, 0.717) is 0 Å². The van der Waals surface area contributed by atoms with Crippen LogP contribution >= 0.6 is 0 Å². The first-order valence-corrected chi connectivity index (χ1v) is 7.85. The summed E-state index contributed by atoms with van der Waals surface area (Å²) in [5.41, 5.74) is 7.86. The standard InChI is InChI=1S/C20H14N4.BrH.Sc/c1-2-14-10-16-5-6-18(23-16)12-20-8-7-19(24-20)11-17-4-3-15(22-17)9-13(1)21-14;;/h1-12,21-22H;1H;/p-1. The Morgan fingerprint density at radius 1 is 0.500 bits per heavy atom. The van der Waals surface area contributed by atoms with E-state index in [1.165, 1.54) is 0 Å². The Bertz CT molecular complexity index is 1080. The van der Waals surface area contributed by atoms with Gasteiger partial charge in [-0.05, 0) is 72.8 Å². The Hall–Kier alpha value is -2.05. The molecular weight excluding hydrogens is 421 g/mol. The number of hydrogen-bond acceptors (Lipinski definition) is 2. The molecule has 2 N–H and O–H groups in total. The van der Waals surface area contributed by atoms with E-state index in [1.807, 2.05) is 42.5 Å². The maximum Gasteiger partial charge on any atom is 0.0659 e. The smallest absolute Gasteiger partial charge is 0.0659 e. The zero-order valence-corrected chi connectivity index (χ0v) is 17.2.